The molecule has 1 atom stereocenters. The van der Waals surface area contributed by atoms with Crippen LogP contribution in [0.5, 0.6) is 0 Å². The van der Waals surface area contributed by atoms with Crippen molar-refractivity contribution < 1.29 is 18.3 Å². The van der Waals surface area contributed by atoms with Gasteiger partial charge in [0.05, 0.1) is 23.9 Å². The van der Waals surface area contributed by atoms with Gasteiger partial charge in [-0.3, -0.25) is 9.78 Å². The van der Waals surface area contributed by atoms with E-state index in [1.54, 1.807) is 12.4 Å². The lowest BCUT2D eigenvalue weighted by molar-refractivity contribution is -0.149. The molecule has 2 fully saturated rings. The number of anilines is 1. The van der Waals surface area contributed by atoms with Gasteiger partial charge in [-0.15, -0.1) is 0 Å². The molecule has 4 heterocycles. The summed E-state index contributed by atoms with van der Waals surface area (Å²) >= 11 is 0. The van der Waals surface area contributed by atoms with E-state index in [0.29, 0.717) is 29.3 Å². The number of amides is 1. The minimum Gasteiger partial charge on any atom is -0.373 e. The van der Waals surface area contributed by atoms with Crippen LogP contribution >= 0.6 is 0 Å². The van der Waals surface area contributed by atoms with E-state index in [-0.39, 0.29) is 19.7 Å². The number of nitrogens with zero attached hydrogens (tertiary/aromatic N) is 4. The van der Waals surface area contributed by atoms with Crippen molar-refractivity contribution in [1.29, 1.82) is 0 Å². The van der Waals surface area contributed by atoms with Gasteiger partial charge in [-0.2, -0.15) is 8.78 Å². The quantitative estimate of drug-likeness (QED) is 0.558. The number of piperidine rings is 1. The van der Waals surface area contributed by atoms with Crippen molar-refractivity contribution in [3.63, 3.8) is 0 Å². The predicted molar refractivity (Wildman–Crippen MR) is 128 cm³/mol. The van der Waals surface area contributed by atoms with Gasteiger partial charge in [0.25, 0.3) is 5.91 Å². The first-order chi connectivity index (χ1) is 17.1. The molecule has 2 saturated heterocycles. The number of benzene rings is 1. The highest BCUT2D eigenvalue weighted by molar-refractivity contribution is 5.88. The first kappa shape index (κ1) is 23.5. The fourth-order valence-corrected chi connectivity index (χ4v) is 4.72. The Labute approximate surface area is 202 Å². The molecule has 0 saturated carbocycles. The van der Waals surface area contributed by atoms with Crippen molar-refractivity contribution >= 4 is 22.8 Å². The van der Waals surface area contributed by atoms with Gasteiger partial charge < -0.3 is 20.3 Å². The summed E-state index contributed by atoms with van der Waals surface area (Å²) in [5.41, 5.74) is 4.38. The summed E-state index contributed by atoms with van der Waals surface area (Å²) in [6.07, 6.45) is 2.06. The number of pyridine rings is 1. The molecule has 2 aliphatic rings. The molecule has 0 bridgehead atoms. The molecule has 35 heavy (non-hydrogen) atoms. The average molecular weight is 483 g/mol. The monoisotopic (exact) mass is 482 g/mol. The van der Waals surface area contributed by atoms with Gasteiger partial charge >= 0.3 is 6.43 Å². The zero-order valence-electron chi connectivity index (χ0n) is 19.3. The van der Waals surface area contributed by atoms with Crippen LogP contribution in [0.15, 0.2) is 42.7 Å². The van der Waals surface area contributed by atoms with Crippen molar-refractivity contribution in [1.82, 2.24) is 25.2 Å². The second kappa shape index (κ2) is 10.6. The Bertz CT molecular complexity index is 1170. The molecule has 5 rings (SSSR count). The van der Waals surface area contributed by atoms with Crippen molar-refractivity contribution in [2.75, 3.05) is 44.6 Å². The minimum atomic E-state index is -3.01. The smallest absolute Gasteiger partial charge is 0.315 e. The van der Waals surface area contributed by atoms with Crippen LogP contribution < -0.4 is 10.6 Å². The molecule has 0 aliphatic carbocycles. The molecule has 2 aromatic heterocycles. The lowest BCUT2D eigenvalue weighted by atomic mass is 9.89. The van der Waals surface area contributed by atoms with Crippen LogP contribution in [0.1, 0.15) is 24.3 Å². The van der Waals surface area contributed by atoms with E-state index >= 15 is 0 Å². The third kappa shape index (κ3) is 5.38. The Hall–Kier alpha value is -3.24. The molecule has 10 heteroatoms. The highest BCUT2D eigenvalue weighted by Gasteiger charge is 2.29. The van der Waals surface area contributed by atoms with E-state index in [2.05, 4.69) is 44.9 Å². The van der Waals surface area contributed by atoms with E-state index < -0.39 is 18.4 Å². The Morgan fingerprint density at radius 3 is 2.71 bits per heavy atom. The molecule has 2 N–H and O–H groups in total. The maximum atomic E-state index is 12.8. The minimum absolute atomic E-state index is 0.0949. The Kier molecular flexibility index (Phi) is 7.10. The largest absolute Gasteiger partial charge is 0.373 e. The van der Waals surface area contributed by atoms with Gasteiger partial charge in [-0.1, -0.05) is 24.3 Å². The number of fused-ring (bicyclic) bond motifs is 1. The number of halogens is 2. The van der Waals surface area contributed by atoms with E-state index in [1.165, 1.54) is 5.56 Å². The second-order valence-corrected chi connectivity index (χ2v) is 8.89. The Morgan fingerprint density at radius 1 is 1.17 bits per heavy atom. The molecule has 1 aromatic carbocycles. The maximum absolute atomic E-state index is 12.8. The molecular formula is C25H28F2N6O2. The lowest BCUT2D eigenvalue weighted by Gasteiger charge is -2.32. The Balaban J connectivity index is 1.35. The molecule has 1 amide bonds. The molecule has 184 valence electrons. The van der Waals surface area contributed by atoms with Gasteiger partial charge in [0.1, 0.15) is 5.52 Å². The first-order valence-corrected chi connectivity index (χ1v) is 11.9. The molecule has 3 aromatic rings. The molecular weight excluding hydrogens is 454 g/mol. The number of aromatic nitrogens is 3. The number of hydrogen-bond donors (Lipinski definition) is 2. The van der Waals surface area contributed by atoms with Crippen molar-refractivity contribution in [3.05, 3.63) is 48.3 Å². The summed E-state index contributed by atoms with van der Waals surface area (Å²) in [6.45, 7) is 2.86. The zero-order valence-corrected chi connectivity index (χ0v) is 19.3. The third-order valence-electron chi connectivity index (χ3n) is 6.61. The summed E-state index contributed by atoms with van der Waals surface area (Å²) in [4.78, 5) is 26.5. The zero-order chi connectivity index (χ0) is 24.2. The van der Waals surface area contributed by atoms with Gasteiger partial charge in [0.2, 0.25) is 0 Å². The van der Waals surface area contributed by atoms with Crippen LogP contribution in [0.4, 0.5) is 14.6 Å². The summed E-state index contributed by atoms with van der Waals surface area (Å²) in [7, 11) is 0. The molecule has 0 spiro atoms. The SMILES string of the molecule is O=C(C(F)F)N1CCO[C@H](CNc2nc(-c3ccc(C4CCNCC4)cc3)cc3nccnc23)C1. The maximum Gasteiger partial charge on any atom is 0.315 e. The van der Waals surface area contributed by atoms with Gasteiger partial charge in [0, 0.05) is 37.6 Å². The second-order valence-electron chi connectivity index (χ2n) is 8.89. The number of rotatable bonds is 6. The van der Waals surface area contributed by atoms with E-state index in [0.717, 1.165) is 42.1 Å². The highest BCUT2D eigenvalue weighted by Crippen LogP contribution is 2.29. The standard InChI is InChI=1S/C25H28F2N6O2/c26-23(27)25(34)33-11-12-35-19(15-33)14-31-24-22-21(29-9-10-30-22)13-20(32-24)18-3-1-16(2-4-18)17-5-7-28-8-6-17/h1-4,9-10,13,17,19,23,28H,5-8,11-12,14-15H2,(H,31,32)/t19-/m1/s1. The highest BCUT2D eigenvalue weighted by atomic mass is 19.3. The van der Waals surface area contributed by atoms with Crippen molar-refractivity contribution in [2.24, 2.45) is 0 Å². The number of morpholine rings is 1. The van der Waals surface area contributed by atoms with Crippen LogP contribution in [0.3, 0.4) is 0 Å². The normalized spacial score (nSPS) is 19.3. The lowest BCUT2D eigenvalue weighted by Crippen LogP contribution is -2.49. The third-order valence-corrected chi connectivity index (χ3v) is 6.61. The number of nitrogens with one attached hydrogen (secondary N) is 2. The van der Waals surface area contributed by atoms with Crippen LogP contribution in [0.2, 0.25) is 0 Å². The van der Waals surface area contributed by atoms with Gasteiger partial charge in [-0.25, -0.2) is 9.97 Å². The van der Waals surface area contributed by atoms with E-state index in [4.69, 9.17) is 9.72 Å². The number of carbonyl (C=O) groups is 1. The van der Waals surface area contributed by atoms with Crippen LogP contribution in [0, 0.1) is 0 Å². The summed E-state index contributed by atoms with van der Waals surface area (Å²) in [5, 5.41) is 6.65. The van der Waals surface area contributed by atoms with Gasteiger partial charge in [0.15, 0.2) is 5.82 Å². The average Bonchev–Trinajstić information content (AvgIpc) is 2.92. The Morgan fingerprint density at radius 2 is 1.94 bits per heavy atom. The molecule has 8 nitrogen and oxygen atoms in total. The summed E-state index contributed by atoms with van der Waals surface area (Å²) in [5.74, 6) is -0.0541. The van der Waals surface area contributed by atoms with Gasteiger partial charge in [-0.05, 0) is 43.5 Å². The topological polar surface area (TPSA) is 92.3 Å². The molecule has 0 radical (unpaired) electrons. The van der Waals surface area contributed by atoms with Crippen molar-refractivity contribution in [2.45, 2.75) is 31.3 Å². The van der Waals surface area contributed by atoms with E-state index in [9.17, 15) is 13.6 Å². The predicted octanol–water partition coefficient (Wildman–Crippen LogP) is 3.06. The number of alkyl halides is 2. The fraction of sp³-hybridized carbons (Fsp3) is 0.440. The number of hydrogen-bond acceptors (Lipinski definition) is 7. The number of carbonyl (C=O) groups excluding carboxylic acids is 1. The van der Waals surface area contributed by atoms with Crippen LogP contribution in [-0.2, 0) is 9.53 Å². The summed E-state index contributed by atoms with van der Waals surface area (Å²) in [6, 6.07) is 10.4. The molecule has 0 unspecified atom stereocenters. The number of ether oxygens (including phenoxy) is 1. The van der Waals surface area contributed by atoms with Crippen LogP contribution in [0.25, 0.3) is 22.3 Å². The van der Waals surface area contributed by atoms with Crippen molar-refractivity contribution in [3.8, 4) is 11.3 Å². The van der Waals surface area contributed by atoms with Crippen LogP contribution in [-0.4, -0.2) is 77.6 Å². The molecule has 2 aliphatic heterocycles. The van der Waals surface area contributed by atoms with E-state index in [1.807, 2.05) is 6.07 Å². The first-order valence-electron chi connectivity index (χ1n) is 11.9. The fourth-order valence-electron chi connectivity index (χ4n) is 4.72. The summed E-state index contributed by atoms with van der Waals surface area (Å²) < 4.78 is 31.3.